The lowest BCUT2D eigenvalue weighted by Crippen LogP contribution is -2.41. The molecule has 0 aliphatic carbocycles. The number of benzene rings is 1. The van der Waals surface area contributed by atoms with Gasteiger partial charge >= 0.3 is 0 Å². The van der Waals surface area contributed by atoms with Gasteiger partial charge in [-0.2, -0.15) is 0 Å². The number of piperidine rings is 1. The predicted molar refractivity (Wildman–Crippen MR) is 86.4 cm³/mol. The molecule has 0 spiro atoms. The summed E-state index contributed by atoms with van der Waals surface area (Å²) in [5, 5.41) is 9.81. The molecule has 20 heavy (non-hydrogen) atoms. The summed E-state index contributed by atoms with van der Waals surface area (Å²) in [6.07, 6.45) is 1.81. The molecule has 1 aliphatic heterocycles. The van der Waals surface area contributed by atoms with Crippen molar-refractivity contribution in [2.75, 3.05) is 25.6 Å². The number of carbonyl (C=O) groups is 1. The highest BCUT2D eigenvalue weighted by Gasteiger charge is 2.25. The van der Waals surface area contributed by atoms with Crippen LogP contribution in [0.15, 0.2) is 18.2 Å². The molecule has 1 aliphatic rings. The van der Waals surface area contributed by atoms with Crippen molar-refractivity contribution in [3.8, 4) is 5.75 Å². The quantitative estimate of drug-likeness (QED) is 0.614. The van der Waals surface area contributed by atoms with Crippen LogP contribution in [0.4, 0.5) is 0 Å². The first kappa shape index (κ1) is 15.9. The van der Waals surface area contributed by atoms with Crippen molar-refractivity contribution in [1.29, 1.82) is 0 Å². The third-order valence-corrected chi connectivity index (χ3v) is 4.17. The predicted octanol–water partition coefficient (Wildman–Crippen LogP) is 2.86. The van der Waals surface area contributed by atoms with Gasteiger partial charge in [-0.1, -0.05) is 0 Å². The summed E-state index contributed by atoms with van der Waals surface area (Å²) < 4.78 is 6.52. The number of ether oxygens (including phenoxy) is 1. The number of aromatic hydroxyl groups is 1. The number of rotatable bonds is 4. The topological polar surface area (TPSA) is 49.8 Å². The molecule has 0 radical (unpaired) electrons. The fourth-order valence-corrected chi connectivity index (χ4v) is 2.87. The van der Waals surface area contributed by atoms with Crippen LogP contribution in [-0.2, 0) is 4.74 Å². The smallest absolute Gasteiger partial charge is 0.257 e. The largest absolute Gasteiger partial charge is 0.507 e. The molecule has 1 amide bonds. The maximum atomic E-state index is 12.4. The molecule has 1 saturated heterocycles. The maximum Gasteiger partial charge on any atom is 0.257 e. The van der Waals surface area contributed by atoms with E-state index >= 15 is 0 Å². The third kappa shape index (κ3) is 3.99. The van der Waals surface area contributed by atoms with Crippen LogP contribution in [0, 0.1) is 3.57 Å². The zero-order valence-electron chi connectivity index (χ0n) is 11.0. The molecular weight excluding hydrogens is 393 g/mol. The zero-order valence-corrected chi connectivity index (χ0v) is 13.9. The van der Waals surface area contributed by atoms with E-state index in [-0.39, 0.29) is 17.8 Å². The summed E-state index contributed by atoms with van der Waals surface area (Å²) in [5.41, 5.74) is 0.372. The van der Waals surface area contributed by atoms with E-state index in [1.807, 2.05) is 0 Å². The van der Waals surface area contributed by atoms with Gasteiger partial charge in [-0.15, -0.1) is 11.6 Å². The van der Waals surface area contributed by atoms with Crippen molar-refractivity contribution in [3.63, 3.8) is 0 Å². The van der Waals surface area contributed by atoms with Crippen LogP contribution < -0.4 is 0 Å². The Labute approximate surface area is 137 Å². The summed E-state index contributed by atoms with van der Waals surface area (Å²) in [6.45, 7) is 1.85. The molecular formula is C14H17ClINO3. The molecule has 6 heteroatoms. The molecule has 4 nitrogen and oxygen atoms in total. The highest BCUT2D eigenvalue weighted by Crippen LogP contribution is 2.23. The van der Waals surface area contributed by atoms with Crippen molar-refractivity contribution >= 4 is 40.1 Å². The van der Waals surface area contributed by atoms with Gasteiger partial charge < -0.3 is 14.7 Å². The Hall–Kier alpha value is -0.530. The van der Waals surface area contributed by atoms with E-state index in [4.69, 9.17) is 16.3 Å². The summed E-state index contributed by atoms with van der Waals surface area (Å²) in [4.78, 5) is 14.2. The van der Waals surface area contributed by atoms with Gasteiger partial charge in [-0.05, 0) is 53.6 Å². The first-order chi connectivity index (χ1) is 9.61. The van der Waals surface area contributed by atoms with Gasteiger partial charge in [0, 0.05) is 22.5 Å². The lowest BCUT2D eigenvalue weighted by Gasteiger charge is -2.32. The molecule has 0 unspecified atom stereocenters. The third-order valence-electron chi connectivity index (χ3n) is 3.35. The number of alkyl halides is 1. The van der Waals surface area contributed by atoms with Crippen LogP contribution in [0.2, 0.25) is 0 Å². The molecule has 1 heterocycles. The van der Waals surface area contributed by atoms with E-state index in [0.29, 0.717) is 31.1 Å². The summed E-state index contributed by atoms with van der Waals surface area (Å²) in [7, 11) is 0. The van der Waals surface area contributed by atoms with Crippen LogP contribution >= 0.6 is 34.2 Å². The molecule has 1 aromatic rings. The van der Waals surface area contributed by atoms with Gasteiger partial charge in [-0.25, -0.2) is 0 Å². The van der Waals surface area contributed by atoms with Crippen LogP contribution in [0.1, 0.15) is 23.2 Å². The van der Waals surface area contributed by atoms with Crippen molar-refractivity contribution in [1.82, 2.24) is 4.90 Å². The molecule has 0 saturated carbocycles. The average molecular weight is 410 g/mol. The molecule has 0 bridgehead atoms. The SMILES string of the molecule is O=C(c1cc(I)ccc1O)N1CCC(OCCCl)CC1. The van der Waals surface area contributed by atoms with Crippen molar-refractivity contribution in [2.45, 2.75) is 18.9 Å². The molecule has 0 atom stereocenters. The lowest BCUT2D eigenvalue weighted by molar-refractivity contribution is 0.0153. The first-order valence-electron chi connectivity index (χ1n) is 6.57. The van der Waals surface area contributed by atoms with E-state index < -0.39 is 0 Å². The zero-order chi connectivity index (χ0) is 14.5. The minimum atomic E-state index is -0.114. The Morgan fingerprint density at radius 3 is 2.80 bits per heavy atom. The minimum Gasteiger partial charge on any atom is -0.507 e. The van der Waals surface area contributed by atoms with Crippen LogP contribution in [0.25, 0.3) is 0 Å². The number of amides is 1. The summed E-state index contributed by atoms with van der Waals surface area (Å²) in [6, 6.07) is 5.05. The maximum absolute atomic E-state index is 12.4. The Bertz CT molecular complexity index is 475. The van der Waals surface area contributed by atoms with Crippen LogP contribution in [0.5, 0.6) is 5.75 Å². The molecule has 1 aromatic carbocycles. The van der Waals surface area contributed by atoms with E-state index in [1.165, 1.54) is 0 Å². The molecule has 0 aromatic heterocycles. The van der Waals surface area contributed by atoms with Gasteiger partial charge in [0.25, 0.3) is 5.91 Å². The van der Waals surface area contributed by atoms with Gasteiger partial charge in [-0.3, -0.25) is 4.79 Å². The number of hydrogen-bond acceptors (Lipinski definition) is 3. The fourth-order valence-electron chi connectivity index (χ4n) is 2.29. The van der Waals surface area contributed by atoms with Gasteiger partial charge in [0.2, 0.25) is 0 Å². The number of hydrogen-bond donors (Lipinski definition) is 1. The number of halogens is 2. The lowest BCUT2D eigenvalue weighted by atomic mass is 10.1. The average Bonchev–Trinajstić information content (AvgIpc) is 2.47. The van der Waals surface area contributed by atoms with Crippen molar-refractivity contribution in [2.24, 2.45) is 0 Å². The van der Waals surface area contributed by atoms with Crippen molar-refractivity contribution < 1.29 is 14.6 Å². The van der Waals surface area contributed by atoms with E-state index in [1.54, 1.807) is 23.1 Å². The minimum absolute atomic E-state index is 0.0379. The second kappa shape index (κ2) is 7.47. The first-order valence-corrected chi connectivity index (χ1v) is 8.18. The number of phenols is 1. The second-order valence-corrected chi connectivity index (χ2v) is 6.34. The van der Waals surface area contributed by atoms with Gasteiger partial charge in [0.15, 0.2) is 0 Å². The standard InChI is InChI=1S/C14H17ClINO3/c15-5-8-20-11-3-6-17(7-4-11)14(19)12-9-10(16)1-2-13(12)18/h1-2,9,11,18H,3-8H2. The van der Waals surface area contributed by atoms with Gasteiger partial charge in [0.1, 0.15) is 5.75 Å². The molecule has 1 N–H and O–H groups in total. The number of nitrogens with zero attached hydrogens (tertiary/aromatic N) is 1. The fraction of sp³-hybridized carbons (Fsp3) is 0.500. The van der Waals surface area contributed by atoms with E-state index in [9.17, 15) is 9.90 Å². The molecule has 1 fully saturated rings. The number of phenolic OH excluding ortho intramolecular Hbond substituents is 1. The number of likely N-dealkylation sites (tertiary alicyclic amines) is 1. The van der Waals surface area contributed by atoms with Crippen LogP contribution in [0.3, 0.4) is 0 Å². The number of carbonyl (C=O) groups excluding carboxylic acids is 1. The van der Waals surface area contributed by atoms with Crippen LogP contribution in [-0.4, -0.2) is 47.6 Å². The Morgan fingerprint density at radius 1 is 1.45 bits per heavy atom. The Kier molecular flexibility index (Phi) is 5.92. The highest BCUT2D eigenvalue weighted by atomic mass is 127. The molecule has 110 valence electrons. The summed E-state index contributed by atoms with van der Waals surface area (Å²) in [5.74, 6) is 0.419. The Balaban J connectivity index is 1.96. The highest BCUT2D eigenvalue weighted by molar-refractivity contribution is 14.1. The van der Waals surface area contributed by atoms with E-state index in [0.717, 1.165) is 16.4 Å². The normalized spacial score (nSPS) is 16.4. The second-order valence-electron chi connectivity index (χ2n) is 4.71. The Morgan fingerprint density at radius 2 is 2.15 bits per heavy atom. The molecule has 2 rings (SSSR count). The van der Waals surface area contributed by atoms with Gasteiger partial charge in [0.05, 0.1) is 18.3 Å². The van der Waals surface area contributed by atoms with E-state index in [2.05, 4.69) is 22.6 Å². The van der Waals surface area contributed by atoms with Crippen molar-refractivity contribution in [3.05, 3.63) is 27.3 Å². The monoisotopic (exact) mass is 409 g/mol. The summed E-state index contributed by atoms with van der Waals surface area (Å²) >= 11 is 7.72.